The van der Waals surface area contributed by atoms with E-state index in [1.165, 1.54) is 24.3 Å². The first-order chi connectivity index (χ1) is 10.7. The Morgan fingerprint density at radius 3 is 2.50 bits per heavy atom. The molecule has 3 aromatic rings. The molecule has 0 spiro atoms. The van der Waals surface area contributed by atoms with Gasteiger partial charge in [0.2, 0.25) is 11.8 Å². The minimum absolute atomic E-state index is 0.0141. The van der Waals surface area contributed by atoms with E-state index in [0.29, 0.717) is 5.56 Å². The van der Waals surface area contributed by atoms with Gasteiger partial charge in [-0.3, -0.25) is 10.1 Å². The summed E-state index contributed by atoms with van der Waals surface area (Å²) < 4.78 is 18.2. The molecule has 0 radical (unpaired) electrons. The highest BCUT2D eigenvalue weighted by Crippen LogP contribution is 2.20. The van der Waals surface area contributed by atoms with Gasteiger partial charge >= 0.3 is 6.01 Å². The predicted molar refractivity (Wildman–Crippen MR) is 78.5 cm³/mol. The van der Waals surface area contributed by atoms with Crippen molar-refractivity contribution >= 4 is 11.9 Å². The molecular formula is C16H12FN3O2. The fourth-order valence-corrected chi connectivity index (χ4v) is 1.93. The maximum atomic E-state index is 12.9. The van der Waals surface area contributed by atoms with Gasteiger partial charge in [0.05, 0.1) is 6.42 Å². The molecule has 1 aromatic heterocycles. The fourth-order valence-electron chi connectivity index (χ4n) is 1.93. The van der Waals surface area contributed by atoms with Crippen molar-refractivity contribution in [3.05, 3.63) is 66.0 Å². The van der Waals surface area contributed by atoms with Gasteiger partial charge in [0.1, 0.15) is 5.82 Å². The summed E-state index contributed by atoms with van der Waals surface area (Å²) in [5.41, 5.74) is 1.47. The standard InChI is InChI=1S/C16H12FN3O2/c17-13-8-6-12(7-9-13)15-19-20-16(22-15)18-14(21)10-11-4-2-1-3-5-11/h1-9H,10H2,(H,18,20,21). The number of aromatic nitrogens is 2. The van der Waals surface area contributed by atoms with Crippen molar-refractivity contribution in [2.45, 2.75) is 6.42 Å². The number of carbonyl (C=O) groups excluding carboxylic acids is 1. The molecule has 6 heteroatoms. The summed E-state index contributed by atoms with van der Waals surface area (Å²) in [5, 5.41) is 10.1. The van der Waals surface area contributed by atoms with Crippen LogP contribution in [0.15, 0.2) is 59.0 Å². The molecule has 0 atom stereocenters. The summed E-state index contributed by atoms with van der Waals surface area (Å²) in [6.45, 7) is 0. The monoisotopic (exact) mass is 297 g/mol. The molecule has 0 aliphatic rings. The Kier molecular flexibility index (Phi) is 3.91. The highest BCUT2D eigenvalue weighted by Gasteiger charge is 2.11. The minimum atomic E-state index is -0.348. The zero-order chi connectivity index (χ0) is 15.4. The molecule has 110 valence electrons. The summed E-state index contributed by atoms with van der Waals surface area (Å²) >= 11 is 0. The van der Waals surface area contributed by atoms with Gasteiger partial charge in [-0.1, -0.05) is 35.4 Å². The van der Waals surface area contributed by atoms with Gasteiger partial charge in [-0.25, -0.2) is 4.39 Å². The van der Waals surface area contributed by atoms with E-state index in [2.05, 4.69) is 15.5 Å². The predicted octanol–water partition coefficient (Wildman–Crippen LogP) is 3.06. The Morgan fingerprint density at radius 1 is 1.05 bits per heavy atom. The van der Waals surface area contributed by atoms with Crippen LogP contribution in [-0.2, 0) is 11.2 Å². The van der Waals surface area contributed by atoms with E-state index < -0.39 is 0 Å². The third kappa shape index (κ3) is 3.35. The van der Waals surface area contributed by atoms with E-state index in [4.69, 9.17) is 4.42 Å². The molecule has 3 rings (SSSR count). The highest BCUT2D eigenvalue weighted by atomic mass is 19.1. The van der Waals surface area contributed by atoms with Crippen LogP contribution in [0, 0.1) is 5.82 Å². The summed E-state index contributed by atoms with van der Waals surface area (Å²) in [6.07, 6.45) is 0.217. The molecule has 1 heterocycles. The van der Waals surface area contributed by atoms with Crippen LogP contribution in [-0.4, -0.2) is 16.1 Å². The first-order valence-electron chi connectivity index (χ1n) is 6.64. The lowest BCUT2D eigenvalue weighted by Gasteiger charge is -2.00. The van der Waals surface area contributed by atoms with E-state index in [0.717, 1.165) is 5.56 Å². The second-order valence-corrected chi connectivity index (χ2v) is 4.63. The van der Waals surface area contributed by atoms with Crippen molar-refractivity contribution in [2.75, 3.05) is 5.32 Å². The lowest BCUT2D eigenvalue weighted by molar-refractivity contribution is -0.115. The van der Waals surface area contributed by atoms with Crippen LogP contribution in [0.25, 0.3) is 11.5 Å². The third-order valence-corrected chi connectivity index (χ3v) is 2.97. The van der Waals surface area contributed by atoms with Crippen molar-refractivity contribution in [3.63, 3.8) is 0 Å². The Bertz CT molecular complexity index is 770. The van der Waals surface area contributed by atoms with Gasteiger partial charge in [-0.15, -0.1) is 5.10 Å². The first kappa shape index (κ1) is 13.9. The van der Waals surface area contributed by atoms with Crippen molar-refractivity contribution in [3.8, 4) is 11.5 Å². The Morgan fingerprint density at radius 2 is 1.77 bits per heavy atom. The number of hydrogen-bond donors (Lipinski definition) is 1. The summed E-state index contributed by atoms with van der Waals surface area (Å²) in [4.78, 5) is 11.9. The number of hydrogen-bond acceptors (Lipinski definition) is 4. The van der Waals surface area contributed by atoms with Gasteiger partial charge < -0.3 is 4.42 Å². The topological polar surface area (TPSA) is 68.0 Å². The number of nitrogens with one attached hydrogen (secondary N) is 1. The van der Waals surface area contributed by atoms with Crippen molar-refractivity contribution in [1.29, 1.82) is 0 Å². The molecule has 0 fully saturated rings. The lowest BCUT2D eigenvalue weighted by atomic mass is 10.1. The highest BCUT2D eigenvalue weighted by molar-refractivity contribution is 5.90. The number of benzene rings is 2. The molecular weight excluding hydrogens is 285 g/mol. The molecule has 0 aliphatic carbocycles. The van der Waals surface area contributed by atoms with Gasteiger partial charge in [0.25, 0.3) is 0 Å². The summed E-state index contributed by atoms with van der Waals surface area (Å²) in [5.74, 6) is -0.379. The quantitative estimate of drug-likeness (QED) is 0.803. The normalized spacial score (nSPS) is 10.4. The molecule has 1 amide bonds. The van der Waals surface area contributed by atoms with Crippen molar-refractivity contribution in [1.82, 2.24) is 10.2 Å². The van der Waals surface area contributed by atoms with Gasteiger partial charge in [-0.2, -0.15) is 0 Å². The van der Waals surface area contributed by atoms with Crippen LogP contribution >= 0.6 is 0 Å². The molecule has 1 N–H and O–H groups in total. The van der Waals surface area contributed by atoms with Crippen molar-refractivity contribution in [2.24, 2.45) is 0 Å². The number of halogens is 1. The molecule has 5 nitrogen and oxygen atoms in total. The second kappa shape index (κ2) is 6.17. The van der Waals surface area contributed by atoms with Crippen LogP contribution in [0.5, 0.6) is 0 Å². The zero-order valence-electron chi connectivity index (χ0n) is 11.5. The molecule has 0 aliphatic heterocycles. The average molecular weight is 297 g/mol. The average Bonchev–Trinajstić information content (AvgIpc) is 2.97. The van der Waals surface area contributed by atoms with E-state index in [1.807, 2.05) is 30.3 Å². The van der Waals surface area contributed by atoms with Crippen LogP contribution < -0.4 is 5.32 Å². The smallest absolute Gasteiger partial charge is 0.322 e. The number of rotatable bonds is 4. The molecule has 2 aromatic carbocycles. The van der Waals surface area contributed by atoms with Crippen LogP contribution in [0.4, 0.5) is 10.4 Å². The van der Waals surface area contributed by atoms with E-state index >= 15 is 0 Å². The van der Waals surface area contributed by atoms with Gasteiger partial charge in [0.15, 0.2) is 0 Å². The van der Waals surface area contributed by atoms with Gasteiger partial charge in [0, 0.05) is 5.56 Å². The minimum Gasteiger partial charge on any atom is -0.403 e. The number of amides is 1. The largest absolute Gasteiger partial charge is 0.403 e. The van der Waals surface area contributed by atoms with E-state index in [1.54, 1.807) is 0 Å². The van der Waals surface area contributed by atoms with Crippen molar-refractivity contribution < 1.29 is 13.6 Å². The molecule has 0 saturated heterocycles. The van der Waals surface area contributed by atoms with Crippen LogP contribution in [0.2, 0.25) is 0 Å². The first-order valence-corrected chi connectivity index (χ1v) is 6.64. The Labute approximate surface area is 125 Å². The molecule has 22 heavy (non-hydrogen) atoms. The van der Waals surface area contributed by atoms with Crippen LogP contribution in [0.3, 0.4) is 0 Å². The number of carbonyl (C=O) groups is 1. The van der Waals surface area contributed by atoms with E-state index in [-0.39, 0.29) is 30.1 Å². The second-order valence-electron chi connectivity index (χ2n) is 4.63. The fraction of sp³-hybridized carbons (Fsp3) is 0.0625. The Hall–Kier alpha value is -3.02. The zero-order valence-corrected chi connectivity index (χ0v) is 11.5. The Balaban J connectivity index is 1.66. The maximum Gasteiger partial charge on any atom is 0.322 e. The molecule has 0 bridgehead atoms. The SMILES string of the molecule is O=C(Cc1ccccc1)Nc1nnc(-c2ccc(F)cc2)o1. The number of anilines is 1. The summed E-state index contributed by atoms with van der Waals surface area (Å²) in [6, 6.07) is 15.0. The maximum absolute atomic E-state index is 12.9. The molecule has 0 saturated carbocycles. The van der Waals surface area contributed by atoms with E-state index in [9.17, 15) is 9.18 Å². The lowest BCUT2D eigenvalue weighted by Crippen LogP contribution is -2.14. The van der Waals surface area contributed by atoms with Crippen LogP contribution in [0.1, 0.15) is 5.56 Å². The summed E-state index contributed by atoms with van der Waals surface area (Å²) in [7, 11) is 0. The molecule has 0 unspecified atom stereocenters. The third-order valence-electron chi connectivity index (χ3n) is 2.97. The van der Waals surface area contributed by atoms with Gasteiger partial charge in [-0.05, 0) is 29.8 Å². The number of nitrogens with zero attached hydrogens (tertiary/aromatic N) is 2.